The molecule has 1 aliphatic rings. The molecule has 0 spiro atoms. The van der Waals surface area contributed by atoms with Gasteiger partial charge in [0, 0.05) is 6.04 Å². The van der Waals surface area contributed by atoms with Crippen molar-refractivity contribution < 1.29 is 4.79 Å². The first-order valence-corrected chi connectivity index (χ1v) is 8.16. The zero-order chi connectivity index (χ0) is 16.2. The molecule has 6 nitrogen and oxygen atoms in total. The van der Waals surface area contributed by atoms with Crippen molar-refractivity contribution in [2.24, 2.45) is 0 Å². The van der Waals surface area contributed by atoms with E-state index in [4.69, 9.17) is 0 Å². The zero-order valence-corrected chi connectivity index (χ0v) is 13.0. The molecule has 1 saturated carbocycles. The molecule has 2 aromatic rings. The van der Waals surface area contributed by atoms with Crippen LogP contribution in [0.2, 0.25) is 0 Å². The number of carbonyl (C=O) groups excluding carboxylic acids is 1. The number of amides is 1. The van der Waals surface area contributed by atoms with Gasteiger partial charge in [-0.2, -0.15) is 0 Å². The second-order valence-corrected chi connectivity index (χ2v) is 6.12. The quantitative estimate of drug-likeness (QED) is 0.843. The van der Waals surface area contributed by atoms with Crippen LogP contribution in [0.1, 0.15) is 38.5 Å². The van der Waals surface area contributed by atoms with Gasteiger partial charge in [-0.05, 0) is 25.0 Å². The molecule has 1 aliphatic carbocycles. The van der Waals surface area contributed by atoms with Crippen molar-refractivity contribution in [3.05, 3.63) is 45.1 Å². The maximum atomic E-state index is 12.3. The van der Waals surface area contributed by atoms with Gasteiger partial charge in [0.05, 0.1) is 10.9 Å². The fourth-order valence-electron chi connectivity index (χ4n) is 3.24. The summed E-state index contributed by atoms with van der Waals surface area (Å²) in [6.07, 6.45) is 6.69. The summed E-state index contributed by atoms with van der Waals surface area (Å²) in [5.74, 6) is -0.184. The highest BCUT2D eigenvalue weighted by atomic mass is 16.2. The molecule has 1 aromatic carbocycles. The SMILES string of the molecule is O=C(Cn1c(=O)[nH]c(=O)c2ccccc21)NC1CCCCCC1. The van der Waals surface area contributed by atoms with E-state index < -0.39 is 11.2 Å². The van der Waals surface area contributed by atoms with Gasteiger partial charge in [-0.15, -0.1) is 0 Å². The topological polar surface area (TPSA) is 84.0 Å². The molecule has 1 aromatic heterocycles. The van der Waals surface area contributed by atoms with Crippen LogP contribution in [0.4, 0.5) is 0 Å². The van der Waals surface area contributed by atoms with Gasteiger partial charge in [-0.3, -0.25) is 19.1 Å². The Kier molecular flexibility index (Phi) is 4.60. The van der Waals surface area contributed by atoms with Crippen LogP contribution in [-0.2, 0) is 11.3 Å². The summed E-state index contributed by atoms with van der Waals surface area (Å²) in [6, 6.07) is 7.01. The van der Waals surface area contributed by atoms with Crippen LogP contribution < -0.4 is 16.6 Å². The molecule has 0 saturated heterocycles. The van der Waals surface area contributed by atoms with Gasteiger partial charge in [0.15, 0.2) is 0 Å². The van der Waals surface area contributed by atoms with Gasteiger partial charge in [0.25, 0.3) is 5.56 Å². The molecule has 0 unspecified atom stereocenters. The largest absolute Gasteiger partial charge is 0.352 e. The van der Waals surface area contributed by atoms with Crippen LogP contribution in [-0.4, -0.2) is 21.5 Å². The molecule has 0 atom stereocenters. The van der Waals surface area contributed by atoms with Crippen LogP contribution in [0.15, 0.2) is 33.9 Å². The van der Waals surface area contributed by atoms with Crippen molar-refractivity contribution in [1.82, 2.24) is 14.9 Å². The lowest BCUT2D eigenvalue weighted by atomic mass is 10.1. The molecular formula is C17H21N3O3. The lowest BCUT2D eigenvalue weighted by Crippen LogP contribution is -2.40. The van der Waals surface area contributed by atoms with Crippen molar-refractivity contribution in [2.75, 3.05) is 0 Å². The fraction of sp³-hybridized carbons (Fsp3) is 0.471. The molecule has 6 heteroatoms. The van der Waals surface area contributed by atoms with E-state index in [-0.39, 0.29) is 18.5 Å². The summed E-state index contributed by atoms with van der Waals surface area (Å²) in [5.41, 5.74) is -0.493. The van der Waals surface area contributed by atoms with E-state index in [0.29, 0.717) is 10.9 Å². The maximum absolute atomic E-state index is 12.3. The van der Waals surface area contributed by atoms with E-state index in [1.54, 1.807) is 24.3 Å². The summed E-state index contributed by atoms with van der Waals surface area (Å²) >= 11 is 0. The molecule has 0 aliphatic heterocycles. The van der Waals surface area contributed by atoms with Crippen molar-refractivity contribution >= 4 is 16.8 Å². The number of H-pyrrole nitrogens is 1. The first-order chi connectivity index (χ1) is 11.1. The van der Waals surface area contributed by atoms with Gasteiger partial charge >= 0.3 is 5.69 Å². The van der Waals surface area contributed by atoms with Gasteiger partial charge in [0.1, 0.15) is 6.54 Å². The number of benzene rings is 1. The first-order valence-electron chi connectivity index (χ1n) is 8.16. The molecule has 23 heavy (non-hydrogen) atoms. The number of para-hydroxylation sites is 1. The Morgan fingerprint density at radius 2 is 1.83 bits per heavy atom. The monoisotopic (exact) mass is 315 g/mol. The molecule has 1 fully saturated rings. The summed E-state index contributed by atoms with van der Waals surface area (Å²) in [5, 5.41) is 3.43. The van der Waals surface area contributed by atoms with Crippen molar-refractivity contribution in [3.8, 4) is 0 Å². The Labute approximate surface area is 133 Å². The lowest BCUT2D eigenvalue weighted by molar-refractivity contribution is -0.122. The third-order valence-corrected chi connectivity index (χ3v) is 4.43. The van der Waals surface area contributed by atoms with Gasteiger partial charge in [-0.25, -0.2) is 4.79 Å². The van der Waals surface area contributed by atoms with Crippen LogP contribution in [0, 0.1) is 0 Å². The van der Waals surface area contributed by atoms with E-state index in [1.165, 1.54) is 17.4 Å². The second-order valence-electron chi connectivity index (χ2n) is 6.12. The third-order valence-electron chi connectivity index (χ3n) is 4.43. The zero-order valence-electron chi connectivity index (χ0n) is 13.0. The first kappa shape index (κ1) is 15.5. The van der Waals surface area contributed by atoms with E-state index in [2.05, 4.69) is 10.3 Å². The molecule has 1 heterocycles. The summed E-state index contributed by atoms with van der Waals surface area (Å²) in [6.45, 7) is -0.0768. The van der Waals surface area contributed by atoms with E-state index in [0.717, 1.165) is 25.7 Å². The number of hydrogen-bond acceptors (Lipinski definition) is 3. The Balaban J connectivity index is 1.82. The van der Waals surface area contributed by atoms with Crippen LogP contribution in [0.3, 0.4) is 0 Å². The van der Waals surface area contributed by atoms with Crippen LogP contribution in [0.25, 0.3) is 10.9 Å². The molecule has 3 rings (SSSR count). The van der Waals surface area contributed by atoms with Crippen molar-refractivity contribution in [3.63, 3.8) is 0 Å². The number of nitrogens with zero attached hydrogens (tertiary/aromatic N) is 1. The van der Waals surface area contributed by atoms with Gasteiger partial charge in [-0.1, -0.05) is 37.8 Å². The molecule has 2 N–H and O–H groups in total. The minimum absolute atomic E-state index is 0.0768. The Morgan fingerprint density at radius 1 is 1.13 bits per heavy atom. The van der Waals surface area contributed by atoms with Crippen LogP contribution >= 0.6 is 0 Å². The summed E-state index contributed by atoms with van der Waals surface area (Å²) in [4.78, 5) is 38.5. The highest BCUT2D eigenvalue weighted by molar-refractivity contribution is 5.81. The highest BCUT2D eigenvalue weighted by Gasteiger charge is 2.16. The second kappa shape index (κ2) is 6.81. The minimum atomic E-state index is -0.551. The number of carbonyl (C=O) groups is 1. The molecule has 0 radical (unpaired) electrons. The normalized spacial score (nSPS) is 16.2. The van der Waals surface area contributed by atoms with E-state index in [9.17, 15) is 14.4 Å². The van der Waals surface area contributed by atoms with Gasteiger partial charge < -0.3 is 5.32 Å². The minimum Gasteiger partial charge on any atom is -0.352 e. The highest BCUT2D eigenvalue weighted by Crippen LogP contribution is 2.17. The molecule has 1 amide bonds. The third kappa shape index (κ3) is 3.52. The summed E-state index contributed by atoms with van der Waals surface area (Å²) in [7, 11) is 0. The Bertz CT molecular complexity index is 814. The lowest BCUT2D eigenvalue weighted by Gasteiger charge is -2.17. The van der Waals surface area contributed by atoms with Crippen LogP contribution in [0.5, 0.6) is 0 Å². The Morgan fingerprint density at radius 3 is 2.57 bits per heavy atom. The molecular weight excluding hydrogens is 294 g/mol. The fourth-order valence-corrected chi connectivity index (χ4v) is 3.24. The van der Waals surface area contributed by atoms with Crippen molar-refractivity contribution in [1.29, 1.82) is 0 Å². The van der Waals surface area contributed by atoms with E-state index in [1.807, 2.05) is 0 Å². The number of aromatic nitrogens is 2. The van der Waals surface area contributed by atoms with Crippen molar-refractivity contribution in [2.45, 2.75) is 51.1 Å². The predicted octanol–water partition coefficient (Wildman–Crippen LogP) is 1.53. The van der Waals surface area contributed by atoms with E-state index >= 15 is 0 Å². The van der Waals surface area contributed by atoms with Gasteiger partial charge in [0.2, 0.25) is 5.91 Å². The smallest absolute Gasteiger partial charge is 0.329 e. The summed E-state index contributed by atoms with van der Waals surface area (Å²) < 4.78 is 1.32. The Hall–Kier alpha value is -2.37. The number of nitrogens with one attached hydrogen (secondary N) is 2. The number of fused-ring (bicyclic) bond motifs is 1. The standard InChI is InChI=1S/C17H21N3O3/c21-15(18-12-7-3-1-2-4-8-12)11-20-14-10-6-5-9-13(14)16(22)19-17(20)23/h5-6,9-10,12H,1-4,7-8,11H2,(H,18,21)(H,19,22,23). The number of hydrogen-bond donors (Lipinski definition) is 2. The number of aromatic amines is 1. The average molecular weight is 315 g/mol. The number of rotatable bonds is 3. The predicted molar refractivity (Wildman–Crippen MR) is 88.5 cm³/mol. The molecule has 122 valence electrons. The average Bonchev–Trinajstić information content (AvgIpc) is 2.80. The molecule has 0 bridgehead atoms. The maximum Gasteiger partial charge on any atom is 0.329 e.